The highest BCUT2D eigenvalue weighted by Crippen LogP contribution is 2.10. The Balaban J connectivity index is 2.26. The Hall–Kier alpha value is -0.0800. The van der Waals surface area contributed by atoms with E-state index >= 15 is 0 Å². The van der Waals surface area contributed by atoms with Crippen LogP contribution in [0.2, 0.25) is 0 Å². The van der Waals surface area contributed by atoms with Crippen molar-refractivity contribution in [2.75, 3.05) is 20.6 Å². The van der Waals surface area contributed by atoms with Crippen LogP contribution in [0.25, 0.3) is 0 Å². The van der Waals surface area contributed by atoms with Crippen molar-refractivity contribution in [1.29, 1.82) is 0 Å². The van der Waals surface area contributed by atoms with Crippen LogP contribution in [0.3, 0.4) is 0 Å². The van der Waals surface area contributed by atoms with E-state index in [0.29, 0.717) is 6.17 Å². The lowest BCUT2D eigenvalue weighted by atomic mass is 10.1. The van der Waals surface area contributed by atoms with Crippen LogP contribution in [0.5, 0.6) is 0 Å². The highest BCUT2D eigenvalue weighted by molar-refractivity contribution is 4.66. The largest absolute Gasteiger partial charge is 0.302 e. The molecule has 1 rings (SSSR count). The minimum absolute atomic E-state index is 0.621. The zero-order valence-corrected chi connectivity index (χ0v) is 7.77. The summed E-state index contributed by atoms with van der Waals surface area (Å²) in [5.41, 5.74) is 0. The number of hydrogen-bond donors (Lipinski definition) is 1. The maximum absolute atomic E-state index is 3.55. The van der Waals surface area contributed by atoms with Gasteiger partial charge in [-0.2, -0.15) is 0 Å². The van der Waals surface area contributed by atoms with E-state index in [9.17, 15) is 0 Å². The lowest BCUT2D eigenvalue weighted by Crippen LogP contribution is -2.42. The van der Waals surface area contributed by atoms with Crippen LogP contribution in [0.4, 0.5) is 0 Å². The van der Waals surface area contributed by atoms with Gasteiger partial charge in [0.2, 0.25) is 0 Å². The first-order valence-corrected chi connectivity index (χ1v) is 4.70. The summed E-state index contributed by atoms with van der Waals surface area (Å²) in [5, 5.41) is 3.55. The summed E-state index contributed by atoms with van der Waals surface area (Å²) in [6, 6.07) is 0. The van der Waals surface area contributed by atoms with Gasteiger partial charge in [-0.15, -0.1) is 0 Å². The Morgan fingerprint density at radius 1 is 1.09 bits per heavy atom. The maximum atomic E-state index is 3.55. The molecule has 0 amide bonds. The lowest BCUT2D eigenvalue weighted by Gasteiger charge is -2.27. The van der Waals surface area contributed by atoms with Crippen LogP contribution < -0.4 is 5.32 Å². The van der Waals surface area contributed by atoms with E-state index in [1.807, 2.05) is 0 Å². The predicted octanol–water partition coefficient (Wildman–Crippen LogP) is 1.43. The second-order valence-corrected chi connectivity index (χ2v) is 3.64. The third kappa shape index (κ3) is 3.21. The minimum atomic E-state index is 0.621. The summed E-state index contributed by atoms with van der Waals surface area (Å²) in [5.74, 6) is 0. The normalized spacial score (nSPS) is 28.1. The van der Waals surface area contributed by atoms with Crippen LogP contribution in [0.1, 0.15) is 32.1 Å². The Bertz CT molecular complexity index is 93.7. The van der Waals surface area contributed by atoms with Crippen molar-refractivity contribution in [2.24, 2.45) is 0 Å². The van der Waals surface area contributed by atoms with Crippen LogP contribution >= 0.6 is 0 Å². The first-order chi connectivity index (χ1) is 5.30. The summed E-state index contributed by atoms with van der Waals surface area (Å²) in [7, 11) is 4.30. The summed E-state index contributed by atoms with van der Waals surface area (Å²) >= 11 is 0. The molecule has 66 valence electrons. The van der Waals surface area contributed by atoms with Gasteiger partial charge in [0.15, 0.2) is 0 Å². The van der Waals surface area contributed by atoms with Gasteiger partial charge in [0.05, 0.1) is 6.17 Å². The van der Waals surface area contributed by atoms with E-state index in [1.165, 1.54) is 38.6 Å². The number of nitrogens with one attached hydrogen (secondary N) is 1. The fourth-order valence-corrected chi connectivity index (χ4v) is 1.63. The maximum Gasteiger partial charge on any atom is 0.0592 e. The second-order valence-electron chi connectivity index (χ2n) is 3.64. The van der Waals surface area contributed by atoms with Gasteiger partial charge in [-0.05, 0) is 33.5 Å². The average molecular weight is 156 g/mol. The van der Waals surface area contributed by atoms with Crippen LogP contribution in [-0.4, -0.2) is 31.7 Å². The van der Waals surface area contributed by atoms with Crippen LogP contribution in [0, 0.1) is 0 Å². The molecule has 1 N–H and O–H groups in total. The van der Waals surface area contributed by atoms with Crippen molar-refractivity contribution in [3.05, 3.63) is 0 Å². The van der Waals surface area contributed by atoms with E-state index in [-0.39, 0.29) is 0 Å². The van der Waals surface area contributed by atoms with Crippen LogP contribution in [-0.2, 0) is 0 Å². The van der Waals surface area contributed by atoms with Gasteiger partial charge in [0.25, 0.3) is 0 Å². The highest BCUT2D eigenvalue weighted by Gasteiger charge is 2.11. The molecule has 2 nitrogen and oxygen atoms in total. The fraction of sp³-hybridized carbons (Fsp3) is 1.00. The van der Waals surface area contributed by atoms with Gasteiger partial charge in [0.1, 0.15) is 0 Å². The molecule has 0 spiro atoms. The molecule has 11 heavy (non-hydrogen) atoms. The zero-order valence-electron chi connectivity index (χ0n) is 7.77. The van der Waals surface area contributed by atoms with E-state index < -0.39 is 0 Å². The Morgan fingerprint density at radius 3 is 2.55 bits per heavy atom. The molecule has 0 aromatic heterocycles. The minimum Gasteiger partial charge on any atom is -0.302 e. The van der Waals surface area contributed by atoms with Crippen LogP contribution in [0.15, 0.2) is 0 Å². The molecule has 1 unspecified atom stereocenters. The lowest BCUT2D eigenvalue weighted by molar-refractivity contribution is 0.218. The van der Waals surface area contributed by atoms with Crippen molar-refractivity contribution < 1.29 is 0 Å². The summed E-state index contributed by atoms with van der Waals surface area (Å²) in [6.45, 7) is 1.20. The van der Waals surface area contributed by atoms with E-state index in [4.69, 9.17) is 0 Å². The molecule has 1 aliphatic heterocycles. The van der Waals surface area contributed by atoms with Gasteiger partial charge in [-0.25, -0.2) is 0 Å². The van der Waals surface area contributed by atoms with Gasteiger partial charge >= 0.3 is 0 Å². The van der Waals surface area contributed by atoms with Crippen molar-refractivity contribution in [1.82, 2.24) is 10.2 Å². The molecule has 1 atom stereocenters. The quantitative estimate of drug-likeness (QED) is 0.618. The van der Waals surface area contributed by atoms with Crippen molar-refractivity contribution >= 4 is 0 Å². The third-order valence-electron chi connectivity index (χ3n) is 2.41. The predicted molar refractivity (Wildman–Crippen MR) is 48.6 cm³/mol. The number of nitrogens with zero attached hydrogens (tertiary/aromatic N) is 1. The second kappa shape index (κ2) is 4.73. The summed E-state index contributed by atoms with van der Waals surface area (Å²) in [4.78, 5) is 2.28. The van der Waals surface area contributed by atoms with E-state index in [2.05, 4.69) is 24.3 Å². The molecule has 0 saturated carbocycles. The van der Waals surface area contributed by atoms with Crippen molar-refractivity contribution in [3.63, 3.8) is 0 Å². The zero-order chi connectivity index (χ0) is 8.10. The van der Waals surface area contributed by atoms with E-state index in [1.54, 1.807) is 0 Å². The molecule has 1 fully saturated rings. The Kier molecular flexibility index (Phi) is 3.87. The molecular formula is C9H20N2. The van der Waals surface area contributed by atoms with Gasteiger partial charge < -0.3 is 5.32 Å². The molecule has 1 aliphatic rings. The molecule has 2 heteroatoms. The Morgan fingerprint density at radius 2 is 1.82 bits per heavy atom. The van der Waals surface area contributed by atoms with Crippen molar-refractivity contribution in [2.45, 2.75) is 38.3 Å². The molecule has 0 bridgehead atoms. The number of hydrogen-bond acceptors (Lipinski definition) is 2. The molecule has 0 radical (unpaired) electrons. The highest BCUT2D eigenvalue weighted by atomic mass is 15.2. The van der Waals surface area contributed by atoms with E-state index in [0.717, 1.165) is 0 Å². The van der Waals surface area contributed by atoms with Gasteiger partial charge in [-0.1, -0.05) is 19.3 Å². The SMILES string of the molecule is CN(C)C1CCCCCCN1. The fourth-order valence-electron chi connectivity index (χ4n) is 1.63. The summed E-state index contributed by atoms with van der Waals surface area (Å²) < 4.78 is 0. The standard InChI is InChI=1S/C9H20N2/c1-11(2)9-7-5-3-4-6-8-10-9/h9-10H,3-8H2,1-2H3. The first-order valence-electron chi connectivity index (χ1n) is 4.70. The topological polar surface area (TPSA) is 15.3 Å². The average Bonchev–Trinajstić information content (AvgIpc) is 1.84. The molecule has 1 saturated heterocycles. The van der Waals surface area contributed by atoms with Gasteiger partial charge in [0, 0.05) is 0 Å². The molecule has 1 heterocycles. The summed E-state index contributed by atoms with van der Waals surface area (Å²) in [6.07, 6.45) is 7.50. The smallest absolute Gasteiger partial charge is 0.0592 e. The third-order valence-corrected chi connectivity index (χ3v) is 2.41. The molecule has 0 aromatic carbocycles. The van der Waals surface area contributed by atoms with Crippen molar-refractivity contribution in [3.8, 4) is 0 Å². The Labute approximate surface area is 70.0 Å². The molecular weight excluding hydrogens is 136 g/mol. The number of rotatable bonds is 1. The molecule has 0 aromatic rings. The van der Waals surface area contributed by atoms with Gasteiger partial charge in [-0.3, -0.25) is 4.90 Å². The first kappa shape index (κ1) is 9.01. The monoisotopic (exact) mass is 156 g/mol. The molecule has 0 aliphatic carbocycles.